The lowest BCUT2D eigenvalue weighted by Crippen LogP contribution is -2.49. The third kappa shape index (κ3) is 3.32. The van der Waals surface area contributed by atoms with Crippen LogP contribution in [-0.2, 0) is 4.79 Å². The summed E-state index contributed by atoms with van der Waals surface area (Å²) >= 11 is 0. The van der Waals surface area contributed by atoms with Crippen molar-refractivity contribution < 1.29 is 4.79 Å². The zero-order valence-corrected chi connectivity index (χ0v) is 14.5. The summed E-state index contributed by atoms with van der Waals surface area (Å²) in [5.41, 5.74) is 0. The highest BCUT2D eigenvalue weighted by molar-refractivity contribution is 5.81. The van der Waals surface area contributed by atoms with Gasteiger partial charge >= 0.3 is 0 Å². The van der Waals surface area contributed by atoms with Gasteiger partial charge in [-0.3, -0.25) is 4.79 Å². The molecule has 3 aliphatic rings. The summed E-state index contributed by atoms with van der Waals surface area (Å²) in [6, 6.07) is 4.18. The van der Waals surface area contributed by atoms with Crippen molar-refractivity contribution in [3.8, 4) is 0 Å². The van der Waals surface area contributed by atoms with E-state index in [9.17, 15) is 4.79 Å². The van der Waals surface area contributed by atoms with Crippen LogP contribution in [0.4, 0.5) is 11.6 Å². The molecule has 0 radical (unpaired) electrons. The van der Waals surface area contributed by atoms with E-state index in [0.29, 0.717) is 11.8 Å². The van der Waals surface area contributed by atoms with Crippen molar-refractivity contribution in [2.45, 2.75) is 32.6 Å². The lowest BCUT2D eigenvalue weighted by atomic mass is 9.99. The third-order valence-electron chi connectivity index (χ3n) is 5.59. The van der Waals surface area contributed by atoms with E-state index in [-0.39, 0.29) is 0 Å². The minimum Gasteiger partial charge on any atom is -0.355 e. The van der Waals surface area contributed by atoms with Gasteiger partial charge in [0.2, 0.25) is 5.91 Å². The van der Waals surface area contributed by atoms with Crippen molar-refractivity contribution in [3.63, 3.8) is 0 Å². The van der Waals surface area contributed by atoms with Gasteiger partial charge in [0, 0.05) is 45.2 Å². The number of hydrogen-bond donors (Lipinski definition) is 0. The Balaban J connectivity index is 1.33. The second kappa shape index (κ2) is 6.57. The Morgan fingerprint density at radius 2 is 1.42 bits per heavy atom. The van der Waals surface area contributed by atoms with E-state index in [1.807, 2.05) is 4.90 Å². The smallest absolute Gasteiger partial charge is 0.225 e. The highest BCUT2D eigenvalue weighted by Gasteiger charge is 2.34. The molecule has 0 bridgehead atoms. The van der Waals surface area contributed by atoms with Crippen LogP contribution < -0.4 is 9.80 Å². The van der Waals surface area contributed by atoms with Gasteiger partial charge in [0.1, 0.15) is 0 Å². The number of carbonyl (C=O) groups is 1. The molecule has 0 atom stereocenters. The second-order valence-corrected chi connectivity index (χ2v) is 7.51. The maximum atomic E-state index is 12.1. The molecule has 4 rings (SSSR count). The number of piperazine rings is 1. The van der Waals surface area contributed by atoms with Crippen LogP contribution in [-0.4, -0.2) is 60.3 Å². The van der Waals surface area contributed by atoms with Crippen molar-refractivity contribution in [3.05, 3.63) is 12.1 Å². The fourth-order valence-corrected chi connectivity index (χ4v) is 3.64. The summed E-state index contributed by atoms with van der Waals surface area (Å²) in [5.74, 6) is 3.43. The first kappa shape index (κ1) is 15.7. The summed E-state index contributed by atoms with van der Waals surface area (Å²) in [6.07, 6.45) is 4.64. The summed E-state index contributed by atoms with van der Waals surface area (Å²) in [7, 11) is 0. The van der Waals surface area contributed by atoms with Gasteiger partial charge < -0.3 is 14.7 Å². The molecule has 1 aliphatic carbocycles. The summed E-state index contributed by atoms with van der Waals surface area (Å²) in [5, 5.41) is 8.89. The van der Waals surface area contributed by atoms with Crippen molar-refractivity contribution in [2.24, 2.45) is 11.8 Å². The number of nitrogens with zero attached hydrogens (tertiary/aromatic N) is 5. The molecule has 6 nitrogen and oxygen atoms in total. The van der Waals surface area contributed by atoms with Crippen molar-refractivity contribution in [2.75, 3.05) is 49.1 Å². The standard InChI is InChI=1S/C18H27N5O/c1-14-6-8-21(9-7-14)16-4-5-17(20-19-16)22-10-12-23(13-11-22)18(24)15-2-3-15/h4-5,14-15H,2-3,6-13H2,1H3. The molecule has 24 heavy (non-hydrogen) atoms. The van der Waals surface area contributed by atoms with Crippen LogP contribution in [0.3, 0.4) is 0 Å². The van der Waals surface area contributed by atoms with Crippen molar-refractivity contribution >= 4 is 17.5 Å². The van der Waals surface area contributed by atoms with Gasteiger partial charge in [0.15, 0.2) is 11.6 Å². The zero-order valence-electron chi connectivity index (χ0n) is 14.5. The molecule has 1 aromatic heterocycles. The summed E-state index contributed by atoms with van der Waals surface area (Å²) in [6.45, 7) is 7.81. The molecule has 2 aliphatic heterocycles. The first-order chi connectivity index (χ1) is 11.7. The molecule has 3 fully saturated rings. The number of aromatic nitrogens is 2. The molecule has 0 aromatic carbocycles. The first-order valence-electron chi connectivity index (χ1n) is 9.33. The number of carbonyl (C=O) groups excluding carboxylic acids is 1. The average Bonchev–Trinajstić information content (AvgIpc) is 3.47. The molecule has 1 aromatic rings. The molecular weight excluding hydrogens is 302 g/mol. The van der Waals surface area contributed by atoms with E-state index in [1.165, 1.54) is 12.8 Å². The summed E-state index contributed by atoms with van der Waals surface area (Å²) in [4.78, 5) is 18.7. The zero-order chi connectivity index (χ0) is 16.5. The van der Waals surface area contributed by atoms with Crippen LogP contribution in [0.25, 0.3) is 0 Å². The van der Waals surface area contributed by atoms with E-state index >= 15 is 0 Å². The van der Waals surface area contributed by atoms with Gasteiger partial charge in [0.05, 0.1) is 0 Å². The normalized spacial score (nSPS) is 22.8. The molecule has 3 heterocycles. The fourth-order valence-electron chi connectivity index (χ4n) is 3.64. The predicted molar refractivity (Wildman–Crippen MR) is 94.2 cm³/mol. The average molecular weight is 329 g/mol. The van der Waals surface area contributed by atoms with E-state index in [1.54, 1.807) is 0 Å². The van der Waals surface area contributed by atoms with Gasteiger partial charge in [-0.05, 0) is 43.7 Å². The highest BCUT2D eigenvalue weighted by atomic mass is 16.2. The Morgan fingerprint density at radius 3 is 1.92 bits per heavy atom. The number of piperidine rings is 1. The van der Waals surface area contributed by atoms with Crippen LogP contribution in [0, 0.1) is 11.8 Å². The van der Waals surface area contributed by atoms with Crippen molar-refractivity contribution in [1.82, 2.24) is 15.1 Å². The van der Waals surface area contributed by atoms with Gasteiger partial charge in [-0.25, -0.2) is 0 Å². The Labute approximate surface area is 143 Å². The van der Waals surface area contributed by atoms with Gasteiger partial charge in [-0.1, -0.05) is 6.92 Å². The first-order valence-corrected chi connectivity index (χ1v) is 9.33. The topological polar surface area (TPSA) is 52.6 Å². The molecule has 1 saturated carbocycles. The SMILES string of the molecule is CC1CCN(c2ccc(N3CCN(C(=O)C4CC4)CC3)nn2)CC1. The van der Waals surface area contributed by atoms with Crippen LogP contribution in [0.5, 0.6) is 0 Å². The van der Waals surface area contributed by atoms with E-state index in [4.69, 9.17) is 0 Å². The lowest BCUT2D eigenvalue weighted by molar-refractivity contribution is -0.132. The number of anilines is 2. The van der Waals surface area contributed by atoms with Gasteiger partial charge in [-0.2, -0.15) is 0 Å². The Bertz CT molecular complexity index is 570. The van der Waals surface area contributed by atoms with E-state index in [0.717, 1.165) is 69.7 Å². The molecule has 1 amide bonds. The van der Waals surface area contributed by atoms with Crippen LogP contribution in [0.2, 0.25) is 0 Å². The molecule has 0 unspecified atom stereocenters. The van der Waals surface area contributed by atoms with Gasteiger partial charge in [-0.15, -0.1) is 10.2 Å². The molecule has 2 saturated heterocycles. The van der Waals surface area contributed by atoms with E-state index in [2.05, 4.69) is 39.1 Å². The lowest BCUT2D eigenvalue weighted by Gasteiger charge is -2.35. The molecule has 0 spiro atoms. The third-order valence-corrected chi connectivity index (χ3v) is 5.59. The minimum atomic E-state index is 0.322. The Hall–Kier alpha value is -1.85. The maximum Gasteiger partial charge on any atom is 0.225 e. The second-order valence-electron chi connectivity index (χ2n) is 7.51. The summed E-state index contributed by atoms with van der Waals surface area (Å²) < 4.78 is 0. The van der Waals surface area contributed by atoms with Crippen LogP contribution in [0.15, 0.2) is 12.1 Å². The molecular formula is C18H27N5O. The van der Waals surface area contributed by atoms with Crippen molar-refractivity contribution in [1.29, 1.82) is 0 Å². The molecule has 6 heteroatoms. The largest absolute Gasteiger partial charge is 0.355 e. The maximum absolute atomic E-state index is 12.1. The Kier molecular flexibility index (Phi) is 4.29. The van der Waals surface area contributed by atoms with E-state index < -0.39 is 0 Å². The monoisotopic (exact) mass is 329 g/mol. The number of amides is 1. The molecule has 0 N–H and O–H groups in total. The Morgan fingerprint density at radius 1 is 0.875 bits per heavy atom. The number of hydrogen-bond acceptors (Lipinski definition) is 5. The predicted octanol–water partition coefficient (Wildman–Crippen LogP) is 1.77. The molecule has 130 valence electrons. The van der Waals surface area contributed by atoms with Crippen LogP contribution >= 0.6 is 0 Å². The minimum absolute atomic E-state index is 0.322. The number of rotatable bonds is 3. The van der Waals surface area contributed by atoms with Crippen LogP contribution in [0.1, 0.15) is 32.6 Å². The highest BCUT2D eigenvalue weighted by Crippen LogP contribution is 2.31. The quantitative estimate of drug-likeness (QED) is 0.846. The fraction of sp³-hybridized carbons (Fsp3) is 0.722. The van der Waals surface area contributed by atoms with Gasteiger partial charge in [0.25, 0.3) is 0 Å².